The summed E-state index contributed by atoms with van der Waals surface area (Å²) >= 11 is 0. The number of carbonyl (C=O) groups is 2. The van der Waals surface area contributed by atoms with Gasteiger partial charge in [-0.3, -0.25) is 9.69 Å². The average Bonchev–Trinajstić information content (AvgIpc) is 2.73. The molecule has 0 spiro atoms. The summed E-state index contributed by atoms with van der Waals surface area (Å²) < 4.78 is 16.0. The zero-order valence-electron chi connectivity index (χ0n) is 15.8. The van der Waals surface area contributed by atoms with Crippen LogP contribution in [0.4, 0.5) is 5.69 Å². The number of rotatable bonds is 7. The van der Waals surface area contributed by atoms with Gasteiger partial charge in [0.25, 0.3) is 0 Å². The third-order valence-electron chi connectivity index (χ3n) is 4.38. The van der Waals surface area contributed by atoms with Crippen LogP contribution in [0.1, 0.15) is 15.9 Å². The lowest BCUT2D eigenvalue weighted by atomic mass is 10.1. The number of benzene rings is 2. The van der Waals surface area contributed by atoms with E-state index in [-0.39, 0.29) is 12.5 Å². The van der Waals surface area contributed by atoms with Crippen LogP contribution in [-0.4, -0.2) is 56.7 Å². The molecule has 1 aliphatic rings. The summed E-state index contributed by atoms with van der Waals surface area (Å²) in [5.74, 6) is -0.154. The maximum atomic E-state index is 12.5. The van der Waals surface area contributed by atoms with Gasteiger partial charge in [0.2, 0.25) is 5.91 Å². The zero-order chi connectivity index (χ0) is 19.8. The van der Waals surface area contributed by atoms with Crippen molar-refractivity contribution in [3.05, 3.63) is 59.7 Å². The van der Waals surface area contributed by atoms with Gasteiger partial charge in [-0.2, -0.15) is 0 Å². The highest BCUT2D eigenvalue weighted by molar-refractivity contribution is 5.96. The fourth-order valence-corrected chi connectivity index (χ4v) is 2.89. The van der Waals surface area contributed by atoms with Gasteiger partial charge in [0.05, 0.1) is 38.1 Å². The predicted octanol–water partition coefficient (Wildman–Crippen LogP) is 2.32. The summed E-state index contributed by atoms with van der Waals surface area (Å²) in [6.45, 7) is 3.28. The largest absolute Gasteiger partial charge is 0.487 e. The molecule has 0 unspecified atom stereocenters. The number of morpholine rings is 1. The number of ether oxygens (including phenoxy) is 3. The quantitative estimate of drug-likeness (QED) is 0.739. The Morgan fingerprint density at radius 3 is 2.57 bits per heavy atom. The number of nitrogens with zero attached hydrogens (tertiary/aromatic N) is 1. The number of hydrogen-bond acceptors (Lipinski definition) is 6. The molecule has 1 amide bonds. The van der Waals surface area contributed by atoms with E-state index in [4.69, 9.17) is 14.2 Å². The van der Waals surface area contributed by atoms with E-state index in [9.17, 15) is 9.59 Å². The van der Waals surface area contributed by atoms with Crippen LogP contribution < -0.4 is 10.1 Å². The molecule has 0 bridgehead atoms. The van der Waals surface area contributed by atoms with Gasteiger partial charge in [-0.15, -0.1) is 0 Å². The third kappa shape index (κ3) is 5.55. The van der Waals surface area contributed by atoms with Crippen LogP contribution in [-0.2, 0) is 20.9 Å². The van der Waals surface area contributed by atoms with Gasteiger partial charge in [-0.1, -0.05) is 30.3 Å². The first-order valence-corrected chi connectivity index (χ1v) is 9.15. The van der Waals surface area contributed by atoms with E-state index in [0.29, 0.717) is 49.9 Å². The normalized spacial score (nSPS) is 14.3. The maximum Gasteiger partial charge on any atom is 0.337 e. The Balaban J connectivity index is 1.72. The fourth-order valence-electron chi connectivity index (χ4n) is 2.89. The highest BCUT2D eigenvalue weighted by Crippen LogP contribution is 2.27. The minimum atomic E-state index is -0.474. The second kappa shape index (κ2) is 9.87. The van der Waals surface area contributed by atoms with Crippen molar-refractivity contribution < 1.29 is 23.8 Å². The second-order valence-electron chi connectivity index (χ2n) is 6.41. The number of esters is 1. The molecule has 148 valence electrons. The molecule has 28 heavy (non-hydrogen) atoms. The lowest BCUT2D eigenvalue weighted by molar-refractivity contribution is -0.118. The van der Waals surface area contributed by atoms with Gasteiger partial charge in [-0.25, -0.2) is 4.79 Å². The Bertz CT molecular complexity index is 804. The van der Waals surface area contributed by atoms with E-state index in [0.717, 1.165) is 5.56 Å². The minimum Gasteiger partial charge on any atom is -0.487 e. The molecule has 3 rings (SSSR count). The van der Waals surface area contributed by atoms with Gasteiger partial charge < -0.3 is 19.5 Å². The Hall–Kier alpha value is -2.90. The summed E-state index contributed by atoms with van der Waals surface area (Å²) in [6.07, 6.45) is 0. The molecule has 0 saturated carbocycles. The van der Waals surface area contributed by atoms with Crippen LogP contribution in [0.2, 0.25) is 0 Å². The van der Waals surface area contributed by atoms with E-state index < -0.39 is 5.97 Å². The van der Waals surface area contributed by atoms with Crippen LogP contribution in [0.25, 0.3) is 0 Å². The van der Waals surface area contributed by atoms with Gasteiger partial charge in [0, 0.05) is 13.1 Å². The molecular weight excluding hydrogens is 360 g/mol. The van der Waals surface area contributed by atoms with E-state index in [1.165, 1.54) is 7.11 Å². The molecule has 1 saturated heterocycles. The van der Waals surface area contributed by atoms with Gasteiger partial charge in [0.15, 0.2) is 0 Å². The molecule has 0 atom stereocenters. The number of carbonyl (C=O) groups excluding carboxylic acids is 2. The van der Waals surface area contributed by atoms with Crippen molar-refractivity contribution in [2.24, 2.45) is 0 Å². The molecule has 1 aliphatic heterocycles. The smallest absolute Gasteiger partial charge is 0.337 e. The van der Waals surface area contributed by atoms with Gasteiger partial charge in [0.1, 0.15) is 12.4 Å². The summed E-state index contributed by atoms with van der Waals surface area (Å²) in [7, 11) is 1.32. The lowest BCUT2D eigenvalue weighted by Gasteiger charge is -2.26. The molecule has 2 aromatic carbocycles. The van der Waals surface area contributed by atoms with Gasteiger partial charge >= 0.3 is 5.97 Å². The molecule has 0 radical (unpaired) electrons. The van der Waals surface area contributed by atoms with E-state index >= 15 is 0 Å². The van der Waals surface area contributed by atoms with E-state index in [1.807, 2.05) is 35.2 Å². The topological polar surface area (TPSA) is 77.1 Å². The van der Waals surface area contributed by atoms with Crippen molar-refractivity contribution in [1.82, 2.24) is 4.90 Å². The predicted molar refractivity (Wildman–Crippen MR) is 104 cm³/mol. The van der Waals surface area contributed by atoms with Crippen LogP contribution in [0.3, 0.4) is 0 Å². The number of nitrogens with one attached hydrogen (secondary N) is 1. The first-order chi connectivity index (χ1) is 13.7. The van der Waals surface area contributed by atoms with E-state index in [2.05, 4.69) is 5.32 Å². The van der Waals surface area contributed by atoms with Crippen molar-refractivity contribution in [2.45, 2.75) is 6.61 Å². The molecule has 1 heterocycles. The summed E-state index contributed by atoms with van der Waals surface area (Å²) in [5.41, 5.74) is 1.79. The van der Waals surface area contributed by atoms with Crippen LogP contribution in [0.5, 0.6) is 5.75 Å². The number of anilines is 1. The Kier molecular flexibility index (Phi) is 7.00. The lowest BCUT2D eigenvalue weighted by Crippen LogP contribution is -2.41. The van der Waals surface area contributed by atoms with Crippen LogP contribution >= 0.6 is 0 Å². The highest BCUT2D eigenvalue weighted by atomic mass is 16.5. The van der Waals surface area contributed by atoms with Crippen LogP contribution in [0.15, 0.2) is 48.5 Å². The molecule has 1 N–H and O–H groups in total. The van der Waals surface area contributed by atoms with Crippen molar-refractivity contribution in [2.75, 3.05) is 45.3 Å². The third-order valence-corrected chi connectivity index (χ3v) is 4.38. The Morgan fingerprint density at radius 2 is 1.86 bits per heavy atom. The summed E-state index contributed by atoms with van der Waals surface area (Å²) in [6, 6.07) is 14.6. The molecular formula is C21H24N2O5. The first-order valence-electron chi connectivity index (χ1n) is 9.15. The zero-order valence-corrected chi connectivity index (χ0v) is 15.8. The first kappa shape index (κ1) is 19.9. The number of hydrogen-bond donors (Lipinski definition) is 1. The molecule has 2 aromatic rings. The number of methoxy groups -OCH3 is 1. The Labute approximate surface area is 164 Å². The SMILES string of the molecule is COC(=O)c1ccc(OCc2ccccc2)c(NC(=O)CN2CCOCC2)c1. The van der Waals surface area contributed by atoms with Crippen LogP contribution in [0, 0.1) is 0 Å². The number of amides is 1. The maximum absolute atomic E-state index is 12.5. The minimum absolute atomic E-state index is 0.173. The Morgan fingerprint density at radius 1 is 1.11 bits per heavy atom. The van der Waals surface area contributed by atoms with Crippen molar-refractivity contribution >= 4 is 17.6 Å². The van der Waals surface area contributed by atoms with E-state index in [1.54, 1.807) is 18.2 Å². The molecule has 0 aliphatic carbocycles. The average molecular weight is 384 g/mol. The molecule has 7 nitrogen and oxygen atoms in total. The molecule has 0 aromatic heterocycles. The fraction of sp³-hybridized carbons (Fsp3) is 0.333. The van der Waals surface area contributed by atoms with Crippen molar-refractivity contribution in [3.63, 3.8) is 0 Å². The molecule has 1 fully saturated rings. The van der Waals surface area contributed by atoms with Gasteiger partial charge in [-0.05, 0) is 23.8 Å². The summed E-state index contributed by atoms with van der Waals surface area (Å²) in [5, 5.41) is 2.86. The standard InChI is InChI=1S/C21H24N2O5/c1-26-21(25)17-7-8-19(28-15-16-5-3-2-4-6-16)18(13-17)22-20(24)14-23-9-11-27-12-10-23/h2-8,13H,9-12,14-15H2,1H3,(H,22,24). The second-order valence-corrected chi connectivity index (χ2v) is 6.41. The summed E-state index contributed by atoms with van der Waals surface area (Å²) in [4.78, 5) is 26.4. The van der Waals surface area contributed by atoms with Crippen molar-refractivity contribution in [1.29, 1.82) is 0 Å². The highest BCUT2D eigenvalue weighted by Gasteiger charge is 2.17. The van der Waals surface area contributed by atoms with Crippen molar-refractivity contribution in [3.8, 4) is 5.75 Å². The monoisotopic (exact) mass is 384 g/mol. The molecule has 7 heteroatoms.